The summed E-state index contributed by atoms with van der Waals surface area (Å²) in [7, 11) is 0. The lowest BCUT2D eigenvalue weighted by atomic mass is 9.66. The number of halogens is 1. The second-order valence-electron chi connectivity index (χ2n) is 6.07. The minimum Gasteiger partial charge on any atom is -0.353 e. The Morgan fingerprint density at radius 1 is 1.26 bits per heavy atom. The zero-order valence-corrected chi connectivity index (χ0v) is 14.3. The van der Waals surface area contributed by atoms with E-state index in [9.17, 15) is 0 Å². The van der Waals surface area contributed by atoms with Crippen LogP contribution in [-0.4, -0.2) is 19.0 Å². The van der Waals surface area contributed by atoms with E-state index in [0.717, 1.165) is 18.4 Å². The topological polar surface area (TPSA) is 18.5 Å². The van der Waals surface area contributed by atoms with Gasteiger partial charge in [0.2, 0.25) is 0 Å². The van der Waals surface area contributed by atoms with E-state index >= 15 is 0 Å². The second-order valence-corrected chi connectivity index (χ2v) is 6.79. The van der Waals surface area contributed by atoms with Crippen molar-refractivity contribution in [3.63, 3.8) is 0 Å². The van der Waals surface area contributed by atoms with Gasteiger partial charge in [-0.1, -0.05) is 41.9 Å². The Morgan fingerprint density at radius 3 is 2.53 bits per heavy atom. The molecule has 2 atom stereocenters. The van der Waals surface area contributed by atoms with Crippen molar-refractivity contribution in [2.24, 2.45) is 17.8 Å². The number of hydrogen-bond acceptors (Lipinski definition) is 2. The first-order valence-electron chi connectivity index (χ1n) is 7.76. The molecule has 0 radical (unpaired) electrons. The van der Waals surface area contributed by atoms with Gasteiger partial charge in [-0.3, -0.25) is 0 Å². The van der Waals surface area contributed by atoms with Gasteiger partial charge in [0.15, 0.2) is 6.29 Å². The van der Waals surface area contributed by atoms with Crippen molar-refractivity contribution in [2.45, 2.75) is 64.8 Å². The maximum atomic E-state index is 6.01. The van der Waals surface area contributed by atoms with Crippen LogP contribution in [0.2, 0.25) is 0 Å². The van der Waals surface area contributed by atoms with Gasteiger partial charge in [0.1, 0.15) is 0 Å². The van der Waals surface area contributed by atoms with E-state index in [4.69, 9.17) is 9.47 Å². The molecule has 2 saturated carbocycles. The lowest BCUT2D eigenvalue weighted by Crippen LogP contribution is -2.37. The first-order chi connectivity index (χ1) is 9.22. The molecular weight excluding hydrogens is 351 g/mol. The molecule has 0 aromatic heterocycles. The van der Waals surface area contributed by atoms with Gasteiger partial charge >= 0.3 is 0 Å². The monoisotopic (exact) mass is 378 g/mol. The van der Waals surface area contributed by atoms with Gasteiger partial charge in [-0.15, -0.1) is 0 Å². The van der Waals surface area contributed by atoms with E-state index in [1.807, 2.05) is 13.8 Å². The van der Waals surface area contributed by atoms with Gasteiger partial charge in [-0.25, -0.2) is 0 Å². The molecule has 0 aliphatic heterocycles. The third-order valence-corrected chi connectivity index (χ3v) is 5.06. The first kappa shape index (κ1) is 15.8. The van der Waals surface area contributed by atoms with Crippen LogP contribution in [0.15, 0.2) is 10.2 Å². The Labute approximate surface area is 131 Å². The maximum Gasteiger partial charge on any atom is 0.155 e. The van der Waals surface area contributed by atoms with Crippen LogP contribution in [0, 0.1) is 17.8 Å². The molecule has 110 valence electrons. The molecule has 2 unspecified atom stereocenters. The number of rotatable bonds is 8. The number of hydrogen-bond donors (Lipinski definition) is 0. The third-order valence-electron chi connectivity index (χ3n) is 4.64. The SMILES string of the molecule is CCOC(C)OC(C=CI)[C@H]1C[C@H](CC2CCC2)C1. The highest BCUT2D eigenvalue weighted by molar-refractivity contribution is 14.1. The molecule has 0 bridgehead atoms. The summed E-state index contributed by atoms with van der Waals surface area (Å²) in [6.07, 6.45) is 11.0. The van der Waals surface area contributed by atoms with Crippen LogP contribution in [0.25, 0.3) is 0 Å². The lowest BCUT2D eigenvalue weighted by Gasteiger charge is -2.42. The quantitative estimate of drug-likeness (QED) is 0.441. The summed E-state index contributed by atoms with van der Waals surface area (Å²) >= 11 is 2.28. The molecule has 19 heavy (non-hydrogen) atoms. The van der Waals surface area contributed by atoms with Crippen molar-refractivity contribution in [2.75, 3.05) is 6.61 Å². The minimum atomic E-state index is -0.0896. The molecular formula is C16H27IO2. The van der Waals surface area contributed by atoms with Crippen LogP contribution in [0.1, 0.15) is 52.4 Å². The summed E-state index contributed by atoms with van der Waals surface area (Å²) in [4.78, 5) is 0. The fourth-order valence-electron chi connectivity index (χ4n) is 3.33. The number of ether oxygens (including phenoxy) is 2. The predicted octanol–water partition coefficient (Wildman–Crippen LogP) is 4.92. The highest BCUT2D eigenvalue weighted by atomic mass is 127. The zero-order chi connectivity index (χ0) is 13.7. The van der Waals surface area contributed by atoms with Crippen molar-refractivity contribution < 1.29 is 9.47 Å². The molecule has 0 amide bonds. The van der Waals surface area contributed by atoms with Gasteiger partial charge in [0.05, 0.1) is 6.10 Å². The molecule has 2 nitrogen and oxygen atoms in total. The maximum absolute atomic E-state index is 6.01. The van der Waals surface area contributed by atoms with E-state index in [-0.39, 0.29) is 12.4 Å². The predicted molar refractivity (Wildman–Crippen MR) is 87.3 cm³/mol. The van der Waals surface area contributed by atoms with Crippen molar-refractivity contribution in [1.29, 1.82) is 0 Å². The summed E-state index contributed by atoms with van der Waals surface area (Å²) in [6, 6.07) is 0. The highest BCUT2D eigenvalue weighted by Gasteiger charge is 2.37. The molecule has 3 heteroatoms. The summed E-state index contributed by atoms with van der Waals surface area (Å²) in [5.74, 6) is 2.72. The minimum absolute atomic E-state index is 0.0896. The second kappa shape index (κ2) is 7.99. The fraction of sp³-hybridized carbons (Fsp3) is 0.875. The van der Waals surface area contributed by atoms with Gasteiger partial charge in [0, 0.05) is 6.61 Å². The molecule has 0 N–H and O–H groups in total. The Hall–Kier alpha value is 0.390. The average molecular weight is 378 g/mol. The molecule has 0 aromatic carbocycles. The van der Waals surface area contributed by atoms with Gasteiger partial charge in [-0.2, -0.15) is 0 Å². The average Bonchev–Trinajstić information content (AvgIpc) is 2.25. The van der Waals surface area contributed by atoms with Gasteiger partial charge in [-0.05, 0) is 61.0 Å². The summed E-state index contributed by atoms with van der Waals surface area (Å²) < 4.78 is 13.6. The van der Waals surface area contributed by atoms with E-state index < -0.39 is 0 Å². The van der Waals surface area contributed by atoms with Crippen LogP contribution in [-0.2, 0) is 9.47 Å². The summed E-state index contributed by atoms with van der Waals surface area (Å²) in [5, 5.41) is 0. The van der Waals surface area contributed by atoms with E-state index in [0.29, 0.717) is 5.92 Å². The van der Waals surface area contributed by atoms with Crippen LogP contribution in [0.5, 0.6) is 0 Å². The van der Waals surface area contributed by atoms with Crippen molar-refractivity contribution >= 4 is 22.6 Å². The lowest BCUT2D eigenvalue weighted by molar-refractivity contribution is -0.167. The molecule has 0 aromatic rings. The van der Waals surface area contributed by atoms with E-state index in [1.165, 1.54) is 38.5 Å². The van der Waals surface area contributed by atoms with E-state index in [1.54, 1.807) is 0 Å². The Morgan fingerprint density at radius 2 is 2.00 bits per heavy atom. The van der Waals surface area contributed by atoms with Crippen molar-refractivity contribution in [3.8, 4) is 0 Å². The molecule has 2 aliphatic carbocycles. The normalized spacial score (nSPS) is 30.9. The summed E-state index contributed by atoms with van der Waals surface area (Å²) in [6.45, 7) is 4.74. The molecule has 0 heterocycles. The van der Waals surface area contributed by atoms with E-state index in [2.05, 4.69) is 32.7 Å². The Kier molecular flexibility index (Phi) is 6.63. The fourth-order valence-corrected chi connectivity index (χ4v) is 3.74. The van der Waals surface area contributed by atoms with Crippen LogP contribution in [0.3, 0.4) is 0 Å². The zero-order valence-electron chi connectivity index (χ0n) is 12.2. The molecule has 2 rings (SSSR count). The van der Waals surface area contributed by atoms with Gasteiger partial charge < -0.3 is 9.47 Å². The van der Waals surface area contributed by atoms with Gasteiger partial charge in [0.25, 0.3) is 0 Å². The Bertz CT molecular complexity index is 282. The molecule has 0 spiro atoms. The summed E-state index contributed by atoms with van der Waals surface area (Å²) in [5.41, 5.74) is 0. The molecule has 2 fully saturated rings. The van der Waals surface area contributed by atoms with Crippen LogP contribution >= 0.6 is 22.6 Å². The van der Waals surface area contributed by atoms with Crippen molar-refractivity contribution in [1.82, 2.24) is 0 Å². The first-order valence-corrected chi connectivity index (χ1v) is 9.01. The van der Waals surface area contributed by atoms with Crippen LogP contribution in [0.4, 0.5) is 0 Å². The smallest absolute Gasteiger partial charge is 0.155 e. The highest BCUT2D eigenvalue weighted by Crippen LogP contribution is 2.45. The molecule has 0 saturated heterocycles. The van der Waals surface area contributed by atoms with Crippen molar-refractivity contribution in [3.05, 3.63) is 10.2 Å². The molecule has 2 aliphatic rings. The standard InChI is InChI=1S/C16H27IO2/c1-3-18-12(2)19-16(7-8-17)15-10-14(11-15)9-13-5-4-6-13/h7-8,12-16H,3-6,9-11H2,1-2H3/t12?,14-,15-,16?. The Balaban J connectivity index is 1.71. The third kappa shape index (κ3) is 4.71. The largest absolute Gasteiger partial charge is 0.353 e. The van der Waals surface area contributed by atoms with Crippen LogP contribution < -0.4 is 0 Å².